The van der Waals surface area contributed by atoms with Gasteiger partial charge in [0.1, 0.15) is 11.8 Å². The molecule has 164 valence electrons. The third-order valence-electron chi connectivity index (χ3n) is 4.63. The summed E-state index contributed by atoms with van der Waals surface area (Å²) in [5, 5.41) is 19.0. The molecule has 0 bridgehead atoms. The van der Waals surface area contributed by atoms with Crippen molar-refractivity contribution in [2.75, 3.05) is 17.7 Å². The summed E-state index contributed by atoms with van der Waals surface area (Å²) in [4.78, 5) is 36.2. The predicted molar refractivity (Wildman–Crippen MR) is 121 cm³/mol. The number of nitro groups is 1. The fourth-order valence-electron chi connectivity index (χ4n) is 2.99. The molecule has 0 radical (unpaired) electrons. The summed E-state index contributed by atoms with van der Waals surface area (Å²) >= 11 is 0. The summed E-state index contributed by atoms with van der Waals surface area (Å²) in [6, 6.07) is 18.1. The molecule has 3 aromatic rings. The van der Waals surface area contributed by atoms with Crippen LogP contribution in [0.1, 0.15) is 17.2 Å². The normalized spacial score (nSPS) is 11.2. The summed E-state index contributed by atoms with van der Waals surface area (Å²) in [5.74, 6) is -0.202. The van der Waals surface area contributed by atoms with E-state index in [1.807, 2.05) is 19.1 Å². The topological polar surface area (TPSA) is 123 Å². The highest BCUT2D eigenvalue weighted by Gasteiger charge is 2.24. The molecule has 3 N–H and O–H groups in total. The van der Waals surface area contributed by atoms with Crippen LogP contribution in [-0.4, -0.2) is 24.0 Å². The SMILES string of the molecule is COc1ccc([N+](=O)[O-])cc1NC(=O)N[C@@H](C(=O)Nc1ccc(C)cc1)c1ccccc1. The van der Waals surface area contributed by atoms with Gasteiger partial charge in [-0.2, -0.15) is 0 Å². The van der Waals surface area contributed by atoms with Gasteiger partial charge in [-0.1, -0.05) is 48.0 Å². The lowest BCUT2D eigenvalue weighted by molar-refractivity contribution is -0.384. The number of rotatable bonds is 7. The largest absolute Gasteiger partial charge is 0.495 e. The molecule has 0 fully saturated rings. The number of carbonyl (C=O) groups is 2. The molecule has 0 unspecified atom stereocenters. The number of amides is 3. The predicted octanol–water partition coefficient (Wildman–Crippen LogP) is 4.41. The molecule has 0 aliphatic heterocycles. The lowest BCUT2D eigenvalue weighted by Crippen LogP contribution is -2.39. The van der Waals surface area contributed by atoms with Gasteiger partial charge in [-0.25, -0.2) is 4.79 Å². The van der Waals surface area contributed by atoms with E-state index in [0.29, 0.717) is 11.3 Å². The summed E-state index contributed by atoms with van der Waals surface area (Å²) in [6.07, 6.45) is 0. The molecule has 0 aromatic heterocycles. The quantitative estimate of drug-likeness (QED) is 0.375. The lowest BCUT2D eigenvalue weighted by Gasteiger charge is -2.20. The van der Waals surface area contributed by atoms with Crippen LogP contribution < -0.4 is 20.7 Å². The Morgan fingerprint density at radius 1 is 0.969 bits per heavy atom. The molecule has 0 aliphatic rings. The second kappa shape index (κ2) is 10.1. The molecule has 1 atom stereocenters. The summed E-state index contributed by atoms with van der Waals surface area (Å²) in [6.45, 7) is 1.94. The number of hydrogen-bond donors (Lipinski definition) is 3. The molecule has 0 spiro atoms. The Morgan fingerprint density at radius 2 is 1.66 bits per heavy atom. The smallest absolute Gasteiger partial charge is 0.320 e. The van der Waals surface area contributed by atoms with Gasteiger partial charge in [0, 0.05) is 17.8 Å². The number of nitrogens with one attached hydrogen (secondary N) is 3. The van der Waals surface area contributed by atoms with Gasteiger partial charge in [0.25, 0.3) is 11.6 Å². The molecular weight excluding hydrogens is 412 g/mol. The molecule has 0 aliphatic carbocycles. The van der Waals surface area contributed by atoms with Crippen LogP contribution >= 0.6 is 0 Å². The second-order valence-electron chi connectivity index (χ2n) is 6.94. The van der Waals surface area contributed by atoms with Crippen molar-refractivity contribution in [1.29, 1.82) is 0 Å². The third-order valence-corrected chi connectivity index (χ3v) is 4.63. The Kier molecular flexibility index (Phi) is 7.02. The van der Waals surface area contributed by atoms with E-state index in [2.05, 4.69) is 16.0 Å². The van der Waals surface area contributed by atoms with Gasteiger partial charge in [0.2, 0.25) is 0 Å². The van der Waals surface area contributed by atoms with Crippen molar-refractivity contribution in [2.45, 2.75) is 13.0 Å². The first-order valence-electron chi connectivity index (χ1n) is 9.70. The first-order chi connectivity index (χ1) is 15.4. The van der Waals surface area contributed by atoms with Gasteiger partial charge >= 0.3 is 6.03 Å². The maximum absolute atomic E-state index is 13.0. The van der Waals surface area contributed by atoms with Gasteiger partial charge in [0.05, 0.1) is 17.7 Å². The van der Waals surface area contributed by atoms with E-state index >= 15 is 0 Å². The van der Waals surface area contributed by atoms with Crippen molar-refractivity contribution in [3.05, 3.63) is 94.0 Å². The number of anilines is 2. The van der Waals surface area contributed by atoms with Gasteiger partial charge < -0.3 is 20.7 Å². The van der Waals surface area contributed by atoms with Crippen LogP contribution in [-0.2, 0) is 4.79 Å². The van der Waals surface area contributed by atoms with Crippen LogP contribution in [0.25, 0.3) is 0 Å². The zero-order valence-electron chi connectivity index (χ0n) is 17.5. The molecular formula is C23H22N4O5. The van der Waals surface area contributed by atoms with Crippen molar-refractivity contribution >= 4 is 29.0 Å². The molecule has 0 heterocycles. The van der Waals surface area contributed by atoms with Gasteiger partial charge in [-0.05, 0) is 30.7 Å². The first kappa shape index (κ1) is 22.3. The van der Waals surface area contributed by atoms with E-state index in [1.165, 1.54) is 25.3 Å². The Morgan fingerprint density at radius 3 is 2.28 bits per heavy atom. The van der Waals surface area contributed by atoms with Gasteiger partial charge in [-0.3, -0.25) is 14.9 Å². The van der Waals surface area contributed by atoms with Crippen molar-refractivity contribution < 1.29 is 19.2 Å². The van der Waals surface area contributed by atoms with Crippen LogP contribution in [0.2, 0.25) is 0 Å². The van der Waals surface area contributed by atoms with Crippen LogP contribution in [0.15, 0.2) is 72.8 Å². The molecule has 0 saturated heterocycles. The Labute approximate surface area is 184 Å². The summed E-state index contributed by atoms with van der Waals surface area (Å²) in [7, 11) is 1.38. The maximum atomic E-state index is 13.0. The number of non-ortho nitro benzene ring substituents is 1. The molecule has 3 rings (SSSR count). The number of methoxy groups -OCH3 is 1. The van der Waals surface area contributed by atoms with E-state index < -0.39 is 22.9 Å². The lowest BCUT2D eigenvalue weighted by atomic mass is 10.1. The average molecular weight is 434 g/mol. The van der Waals surface area contributed by atoms with Gasteiger partial charge in [0.15, 0.2) is 0 Å². The van der Waals surface area contributed by atoms with Crippen LogP contribution in [0.4, 0.5) is 21.9 Å². The number of nitro benzene ring substituents is 1. The minimum atomic E-state index is -1.01. The Balaban J connectivity index is 1.81. The van der Waals surface area contributed by atoms with Gasteiger partial charge in [-0.15, -0.1) is 0 Å². The maximum Gasteiger partial charge on any atom is 0.320 e. The summed E-state index contributed by atoms with van der Waals surface area (Å²) < 4.78 is 5.16. The van der Waals surface area contributed by atoms with E-state index in [1.54, 1.807) is 42.5 Å². The average Bonchev–Trinajstić information content (AvgIpc) is 2.79. The highest BCUT2D eigenvalue weighted by molar-refractivity contribution is 6.00. The number of ether oxygens (including phenoxy) is 1. The van der Waals surface area contributed by atoms with Crippen molar-refractivity contribution in [2.24, 2.45) is 0 Å². The number of urea groups is 1. The van der Waals surface area contributed by atoms with Crippen LogP contribution in [0, 0.1) is 17.0 Å². The zero-order chi connectivity index (χ0) is 23.1. The molecule has 32 heavy (non-hydrogen) atoms. The van der Waals surface area contributed by atoms with Crippen LogP contribution in [0.3, 0.4) is 0 Å². The van der Waals surface area contributed by atoms with Crippen LogP contribution in [0.5, 0.6) is 5.75 Å². The molecule has 3 amide bonds. The van der Waals surface area contributed by atoms with E-state index in [-0.39, 0.29) is 17.1 Å². The number of carbonyl (C=O) groups excluding carboxylic acids is 2. The fourth-order valence-corrected chi connectivity index (χ4v) is 2.99. The number of nitrogens with zero attached hydrogens (tertiary/aromatic N) is 1. The minimum Gasteiger partial charge on any atom is -0.495 e. The number of hydrogen-bond acceptors (Lipinski definition) is 5. The number of benzene rings is 3. The molecule has 9 heteroatoms. The zero-order valence-corrected chi connectivity index (χ0v) is 17.5. The van der Waals surface area contributed by atoms with Crippen molar-refractivity contribution in [3.8, 4) is 5.75 Å². The van der Waals surface area contributed by atoms with E-state index in [0.717, 1.165) is 5.56 Å². The molecule has 0 saturated carbocycles. The molecule has 9 nitrogen and oxygen atoms in total. The minimum absolute atomic E-state index is 0.102. The highest BCUT2D eigenvalue weighted by Crippen LogP contribution is 2.29. The second-order valence-corrected chi connectivity index (χ2v) is 6.94. The van der Waals surface area contributed by atoms with E-state index in [4.69, 9.17) is 4.74 Å². The van der Waals surface area contributed by atoms with Crippen molar-refractivity contribution in [1.82, 2.24) is 5.32 Å². The highest BCUT2D eigenvalue weighted by atomic mass is 16.6. The monoisotopic (exact) mass is 434 g/mol. The molecule has 3 aromatic carbocycles. The third kappa shape index (κ3) is 5.60. The Bertz CT molecular complexity index is 1120. The summed E-state index contributed by atoms with van der Waals surface area (Å²) in [5.41, 5.74) is 2.09. The van der Waals surface area contributed by atoms with E-state index in [9.17, 15) is 19.7 Å². The standard InChI is InChI=1S/C23H22N4O5/c1-15-8-10-17(11-9-15)24-22(28)21(16-6-4-3-5-7-16)26-23(29)25-19-14-18(27(30)31)12-13-20(19)32-2/h3-14,21H,1-2H3,(H,24,28)(H2,25,26,29)/t21-/m1/s1. The first-order valence-corrected chi connectivity index (χ1v) is 9.70. The Hall–Kier alpha value is -4.40. The van der Waals surface area contributed by atoms with Crippen molar-refractivity contribution in [3.63, 3.8) is 0 Å². The number of aryl methyl sites for hydroxylation is 1. The fraction of sp³-hybridized carbons (Fsp3) is 0.130.